The van der Waals surface area contributed by atoms with Crippen LogP contribution in [-0.2, 0) is 9.53 Å². The Labute approximate surface area is 78.4 Å². The van der Waals surface area contributed by atoms with Crippen LogP contribution in [0.15, 0.2) is 11.5 Å². The first-order valence-corrected chi connectivity index (χ1v) is 5.31. The molecule has 0 saturated carbocycles. The number of carbonyl (C=O) groups excluding carboxylic acids is 1. The second-order valence-corrected chi connectivity index (χ2v) is 3.29. The minimum Gasteiger partial charge on any atom is -0.463 e. The lowest BCUT2D eigenvalue weighted by Crippen LogP contribution is -1.98. The molecule has 3 heteroatoms. The van der Waals surface area contributed by atoms with Gasteiger partial charge in [-0.3, -0.25) is 0 Å². The van der Waals surface area contributed by atoms with E-state index >= 15 is 0 Å². The van der Waals surface area contributed by atoms with Gasteiger partial charge in [0.2, 0.25) is 0 Å². The van der Waals surface area contributed by atoms with Crippen LogP contribution in [0.5, 0.6) is 0 Å². The van der Waals surface area contributed by atoms with E-state index in [2.05, 4.69) is 6.92 Å². The zero-order valence-corrected chi connectivity index (χ0v) is 8.52. The quantitative estimate of drug-likeness (QED) is 0.364. The second kappa shape index (κ2) is 8.65. The molecular formula is C9H16O2S. The highest BCUT2D eigenvalue weighted by Crippen LogP contribution is 2.05. The van der Waals surface area contributed by atoms with E-state index in [1.807, 2.05) is 0 Å². The number of esters is 1. The maximum absolute atomic E-state index is 10.8. The number of thioether (sulfide) groups is 1. The summed E-state index contributed by atoms with van der Waals surface area (Å²) in [4.78, 5) is 10.8. The van der Waals surface area contributed by atoms with Gasteiger partial charge in [-0.2, -0.15) is 0 Å². The second-order valence-electron chi connectivity index (χ2n) is 2.28. The lowest BCUT2D eigenvalue weighted by Gasteiger charge is -1.94. The summed E-state index contributed by atoms with van der Waals surface area (Å²) in [6, 6.07) is 0. The Balaban J connectivity index is 3.29. The van der Waals surface area contributed by atoms with Gasteiger partial charge in [0, 0.05) is 6.08 Å². The summed E-state index contributed by atoms with van der Waals surface area (Å²) in [6.45, 7) is 4.40. The van der Waals surface area contributed by atoms with Gasteiger partial charge < -0.3 is 4.74 Å². The molecule has 70 valence electrons. The summed E-state index contributed by atoms with van der Waals surface area (Å²) in [6.07, 6.45) is 3.86. The van der Waals surface area contributed by atoms with E-state index in [1.165, 1.54) is 18.9 Å². The summed E-state index contributed by atoms with van der Waals surface area (Å²) >= 11 is 1.65. The van der Waals surface area contributed by atoms with Crippen LogP contribution >= 0.6 is 11.8 Å². The molecule has 0 spiro atoms. The van der Waals surface area contributed by atoms with Gasteiger partial charge in [0.05, 0.1) is 6.61 Å². The lowest BCUT2D eigenvalue weighted by atomic mass is 10.4. The van der Waals surface area contributed by atoms with Crippen molar-refractivity contribution in [3.05, 3.63) is 11.5 Å². The van der Waals surface area contributed by atoms with Crippen LogP contribution in [0, 0.1) is 0 Å². The molecule has 0 unspecified atom stereocenters. The van der Waals surface area contributed by atoms with Crippen LogP contribution in [0.2, 0.25) is 0 Å². The maximum Gasteiger partial charge on any atom is 0.331 e. The van der Waals surface area contributed by atoms with Gasteiger partial charge in [-0.25, -0.2) is 4.79 Å². The van der Waals surface area contributed by atoms with Gasteiger partial charge in [-0.1, -0.05) is 13.3 Å². The monoisotopic (exact) mass is 188 g/mol. The number of hydrogen-bond acceptors (Lipinski definition) is 3. The smallest absolute Gasteiger partial charge is 0.331 e. The van der Waals surface area contributed by atoms with Crippen molar-refractivity contribution in [2.24, 2.45) is 0 Å². The molecule has 0 fully saturated rings. The zero-order valence-electron chi connectivity index (χ0n) is 7.71. The molecular weight excluding hydrogens is 172 g/mol. The SMILES string of the molecule is CCCCS/C=C\C(=O)OCC. The summed E-state index contributed by atoms with van der Waals surface area (Å²) in [5.41, 5.74) is 0. The van der Waals surface area contributed by atoms with Crippen LogP contribution in [0.1, 0.15) is 26.7 Å². The Hall–Kier alpha value is -0.440. The van der Waals surface area contributed by atoms with Crippen LogP contribution < -0.4 is 0 Å². The first kappa shape index (κ1) is 11.6. The average Bonchev–Trinajstić information content (AvgIpc) is 2.05. The lowest BCUT2D eigenvalue weighted by molar-refractivity contribution is -0.137. The first-order chi connectivity index (χ1) is 5.81. The number of unbranched alkanes of at least 4 members (excludes halogenated alkanes) is 1. The Morgan fingerprint density at radius 3 is 2.83 bits per heavy atom. The Kier molecular flexibility index (Phi) is 8.34. The summed E-state index contributed by atoms with van der Waals surface area (Å²) in [5, 5.41) is 1.80. The van der Waals surface area contributed by atoms with Gasteiger partial charge >= 0.3 is 5.97 Å². The molecule has 0 aromatic carbocycles. The van der Waals surface area contributed by atoms with Gasteiger partial charge in [-0.05, 0) is 24.5 Å². The molecule has 0 aliphatic heterocycles. The first-order valence-electron chi connectivity index (χ1n) is 4.26. The molecule has 0 atom stereocenters. The van der Waals surface area contributed by atoms with Crippen molar-refractivity contribution in [2.45, 2.75) is 26.7 Å². The number of ether oxygens (including phenoxy) is 1. The summed E-state index contributed by atoms with van der Waals surface area (Å²) < 4.78 is 4.71. The van der Waals surface area contributed by atoms with E-state index in [0.717, 1.165) is 5.75 Å². The van der Waals surface area contributed by atoms with Gasteiger partial charge in [0.1, 0.15) is 0 Å². The number of carbonyl (C=O) groups is 1. The van der Waals surface area contributed by atoms with Crippen molar-refractivity contribution in [2.75, 3.05) is 12.4 Å². The van der Waals surface area contributed by atoms with E-state index < -0.39 is 0 Å². The molecule has 0 heterocycles. The third kappa shape index (κ3) is 7.66. The van der Waals surface area contributed by atoms with E-state index in [1.54, 1.807) is 24.1 Å². The van der Waals surface area contributed by atoms with E-state index in [0.29, 0.717) is 6.61 Å². The molecule has 0 rings (SSSR count). The van der Waals surface area contributed by atoms with Crippen molar-refractivity contribution >= 4 is 17.7 Å². The highest BCUT2D eigenvalue weighted by atomic mass is 32.2. The molecule has 0 aliphatic carbocycles. The molecule has 0 radical (unpaired) electrons. The largest absolute Gasteiger partial charge is 0.463 e. The van der Waals surface area contributed by atoms with Gasteiger partial charge in [0.25, 0.3) is 0 Å². The topological polar surface area (TPSA) is 26.3 Å². The number of rotatable bonds is 6. The average molecular weight is 188 g/mol. The van der Waals surface area contributed by atoms with Crippen molar-refractivity contribution in [3.8, 4) is 0 Å². The highest BCUT2D eigenvalue weighted by molar-refractivity contribution is 8.02. The minimum atomic E-state index is -0.249. The molecule has 0 saturated heterocycles. The van der Waals surface area contributed by atoms with Gasteiger partial charge in [0.15, 0.2) is 0 Å². The van der Waals surface area contributed by atoms with Crippen molar-refractivity contribution < 1.29 is 9.53 Å². The molecule has 0 amide bonds. The molecule has 0 aromatic heterocycles. The fourth-order valence-corrected chi connectivity index (χ4v) is 1.39. The highest BCUT2D eigenvalue weighted by Gasteiger charge is 1.91. The van der Waals surface area contributed by atoms with Crippen molar-refractivity contribution in [1.29, 1.82) is 0 Å². The fourth-order valence-electron chi connectivity index (χ4n) is 0.590. The maximum atomic E-state index is 10.8. The Morgan fingerprint density at radius 1 is 1.50 bits per heavy atom. The predicted molar refractivity (Wildman–Crippen MR) is 53.1 cm³/mol. The zero-order chi connectivity index (χ0) is 9.23. The van der Waals surface area contributed by atoms with Crippen molar-refractivity contribution in [1.82, 2.24) is 0 Å². The van der Waals surface area contributed by atoms with Crippen LogP contribution in [0.3, 0.4) is 0 Å². The fraction of sp³-hybridized carbons (Fsp3) is 0.667. The Morgan fingerprint density at radius 2 is 2.25 bits per heavy atom. The predicted octanol–water partition coefficient (Wildman–Crippen LogP) is 2.60. The Bertz CT molecular complexity index is 143. The van der Waals surface area contributed by atoms with Crippen molar-refractivity contribution in [3.63, 3.8) is 0 Å². The normalized spacial score (nSPS) is 10.5. The number of hydrogen-bond donors (Lipinski definition) is 0. The molecule has 0 N–H and O–H groups in total. The van der Waals surface area contributed by atoms with E-state index in [9.17, 15) is 4.79 Å². The minimum absolute atomic E-state index is 0.249. The third-order valence-electron chi connectivity index (χ3n) is 1.20. The van der Waals surface area contributed by atoms with E-state index in [-0.39, 0.29) is 5.97 Å². The molecule has 0 bridgehead atoms. The summed E-state index contributed by atoms with van der Waals surface area (Å²) in [5.74, 6) is 0.827. The van der Waals surface area contributed by atoms with Crippen LogP contribution in [-0.4, -0.2) is 18.3 Å². The molecule has 0 aliphatic rings. The van der Waals surface area contributed by atoms with Crippen LogP contribution in [0.25, 0.3) is 0 Å². The molecule has 0 aromatic rings. The van der Waals surface area contributed by atoms with E-state index in [4.69, 9.17) is 4.74 Å². The standard InChI is InChI=1S/C9H16O2S/c1-3-5-7-12-8-6-9(10)11-4-2/h6,8H,3-5,7H2,1-2H3/b8-6-. The van der Waals surface area contributed by atoms with Gasteiger partial charge in [-0.15, -0.1) is 11.8 Å². The molecule has 12 heavy (non-hydrogen) atoms. The third-order valence-corrected chi connectivity index (χ3v) is 2.06. The van der Waals surface area contributed by atoms with Crippen LogP contribution in [0.4, 0.5) is 0 Å². The summed E-state index contributed by atoms with van der Waals surface area (Å²) in [7, 11) is 0. The molecule has 2 nitrogen and oxygen atoms in total.